The number of rotatable bonds is 5. The molecule has 1 N–H and O–H groups in total. The quantitative estimate of drug-likeness (QED) is 0.449. The molecule has 0 bridgehead atoms. The number of carbonyl (C=O) groups excluding carboxylic acids is 1. The molecule has 1 aliphatic carbocycles. The molecule has 0 spiro atoms. The van der Waals surface area contributed by atoms with Crippen LogP contribution in [0.1, 0.15) is 54.6 Å². The van der Waals surface area contributed by atoms with Gasteiger partial charge in [0.05, 0.1) is 23.0 Å². The summed E-state index contributed by atoms with van der Waals surface area (Å²) in [6, 6.07) is 17.2. The van der Waals surface area contributed by atoms with Crippen LogP contribution in [0.3, 0.4) is 0 Å². The molecule has 0 atom stereocenters. The number of hydrogen-bond donors (Lipinski definition) is 1. The minimum Gasteiger partial charge on any atom is -0.316 e. The Morgan fingerprint density at radius 2 is 1.76 bits per heavy atom. The average molecular weight is 455 g/mol. The van der Waals surface area contributed by atoms with E-state index in [1.807, 2.05) is 56.6 Å². The summed E-state index contributed by atoms with van der Waals surface area (Å²) in [6.45, 7) is 4.83. The molecule has 0 radical (unpaired) electrons. The molecule has 1 aliphatic rings. The van der Waals surface area contributed by atoms with Crippen molar-refractivity contribution in [2.75, 3.05) is 7.05 Å². The molecule has 4 rings (SSSR count). The van der Waals surface area contributed by atoms with E-state index in [2.05, 4.69) is 54.6 Å². The lowest BCUT2D eigenvalue weighted by molar-refractivity contribution is 0.112. The molecule has 2 aromatic carbocycles. The highest BCUT2D eigenvalue weighted by Gasteiger charge is 2.14. The van der Waals surface area contributed by atoms with Crippen LogP contribution in [-0.4, -0.2) is 23.1 Å². The lowest BCUT2D eigenvalue weighted by Gasteiger charge is -2.09. The van der Waals surface area contributed by atoms with Gasteiger partial charge in [-0.15, -0.1) is 0 Å². The Balaban J connectivity index is 0.000000383. The van der Waals surface area contributed by atoms with Crippen molar-refractivity contribution in [2.24, 2.45) is 7.05 Å². The van der Waals surface area contributed by atoms with E-state index in [9.17, 15) is 4.79 Å². The number of aryl methyl sites for hydroxylation is 1. The van der Waals surface area contributed by atoms with Gasteiger partial charge >= 0.3 is 0 Å². The van der Waals surface area contributed by atoms with Crippen molar-refractivity contribution >= 4 is 6.29 Å². The van der Waals surface area contributed by atoms with E-state index < -0.39 is 0 Å². The number of nitriles is 1. The summed E-state index contributed by atoms with van der Waals surface area (Å²) < 4.78 is 1.79. The Labute approximate surface area is 203 Å². The first-order chi connectivity index (χ1) is 16.6. The van der Waals surface area contributed by atoms with Gasteiger partial charge in [0.1, 0.15) is 6.29 Å². The van der Waals surface area contributed by atoms with E-state index in [1.54, 1.807) is 10.7 Å². The van der Waals surface area contributed by atoms with Gasteiger partial charge in [-0.3, -0.25) is 9.48 Å². The number of hydrogen-bond acceptors (Lipinski definition) is 4. The second kappa shape index (κ2) is 14.4. The van der Waals surface area contributed by atoms with Gasteiger partial charge < -0.3 is 5.32 Å². The van der Waals surface area contributed by atoms with Crippen LogP contribution in [0.5, 0.6) is 0 Å². The summed E-state index contributed by atoms with van der Waals surface area (Å²) in [7, 11) is 3.72. The summed E-state index contributed by atoms with van der Waals surface area (Å²) in [6.07, 6.45) is 13.1. The first kappa shape index (κ1) is 26.5. The maximum absolute atomic E-state index is 11.4. The zero-order valence-corrected chi connectivity index (χ0v) is 20.6. The number of nitrogens with zero attached hydrogens (tertiary/aromatic N) is 3. The van der Waals surface area contributed by atoms with Gasteiger partial charge in [0.15, 0.2) is 0 Å². The van der Waals surface area contributed by atoms with Gasteiger partial charge in [0.2, 0.25) is 0 Å². The molecule has 0 aliphatic heterocycles. The zero-order chi connectivity index (χ0) is 24.8. The van der Waals surface area contributed by atoms with Crippen LogP contribution >= 0.6 is 0 Å². The number of aromatic nitrogens is 2. The van der Waals surface area contributed by atoms with E-state index >= 15 is 0 Å². The molecule has 176 valence electrons. The summed E-state index contributed by atoms with van der Waals surface area (Å²) in [5, 5.41) is 16.8. The standard InChI is InChI=1S/C20H18N4O.C6H8.C3H8/c1-22-12-18-16(13-25)7-4-8-17(18)19-10-20(24(2)23-19)15-6-3-5-14(9-15)11-21;1-2-4-6-5-3-1;1-3-2/h3-10,13,22H,12H2,1-2H3;1-4H,5-6H2;3H2,1-2H3. The van der Waals surface area contributed by atoms with Gasteiger partial charge in [-0.25, -0.2) is 0 Å². The molecule has 1 aromatic heterocycles. The highest BCUT2D eigenvalue weighted by atomic mass is 16.1. The largest absolute Gasteiger partial charge is 0.316 e. The van der Waals surface area contributed by atoms with Crippen molar-refractivity contribution in [2.45, 2.75) is 39.7 Å². The number of nitrogens with one attached hydrogen (secondary N) is 1. The Kier molecular flexibility index (Phi) is 11.2. The van der Waals surface area contributed by atoms with Crippen LogP contribution in [0.2, 0.25) is 0 Å². The van der Waals surface area contributed by atoms with E-state index in [1.165, 1.54) is 19.3 Å². The lowest BCUT2D eigenvalue weighted by atomic mass is 9.98. The first-order valence-corrected chi connectivity index (χ1v) is 11.7. The van der Waals surface area contributed by atoms with Crippen molar-refractivity contribution in [3.63, 3.8) is 0 Å². The molecule has 0 fully saturated rings. The molecular weight excluding hydrogens is 420 g/mol. The SMILES string of the molecule is C1=CCCC=C1.CCC.CNCc1c(C=O)cccc1-c1cc(-c2cccc(C#N)c2)n(C)n1. The number of carbonyl (C=O) groups is 1. The third kappa shape index (κ3) is 7.40. The van der Waals surface area contributed by atoms with Crippen molar-refractivity contribution in [1.29, 1.82) is 5.26 Å². The Morgan fingerprint density at radius 1 is 1.09 bits per heavy atom. The zero-order valence-electron chi connectivity index (χ0n) is 20.6. The fraction of sp³-hybridized carbons (Fsp3) is 0.276. The van der Waals surface area contributed by atoms with Crippen molar-refractivity contribution in [3.8, 4) is 28.6 Å². The fourth-order valence-corrected chi connectivity index (χ4v) is 3.49. The van der Waals surface area contributed by atoms with Crippen LogP contribution in [0, 0.1) is 11.3 Å². The Morgan fingerprint density at radius 3 is 2.32 bits per heavy atom. The minimum atomic E-state index is 0.583. The molecule has 0 saturated heterocycles. The van der Waals surface area contributed by atoms with E-state index in [-0.39, 0.29) is 0 Å². The molecule has 5 heteroatoms. The van der Waals surface area contributed by atoms with Crippen molar-refractivity contribution in [1.82, 2.24) is 15.1 Å². The number of allylic oxidation sites excluding steroid dienone is 4. The highest BCUT2D eigenvalue weighted by molar-refractivity contribution is 5.83. The normalized spacial score (nSPS) is 11.5. The summed E-state index contributed by atoms with van der Waals surface area (Å²) in [4.78, 5) is 11.4. The van der Waals surface area contributed by atoms with E-state index in [0.29, 0.717) is 17.7 Å². The predicted octanol–water partition coefficient (Wildman–Crippen LogP) is 6.47. The topological polar surface area (TPSA) is 70.7 Å². The Bertz CT molecular complexity index is 1150. The third-order valence-electron chi connectivity index (χ3n) is 5.02. The second-order valence-corrected chi connectivity index (χ2v) is 7.89. The smallest absolute Gasteiger partial charge is 0.150 e. The minimum absolute atomic E-state index is 0.583. The van der Waals surface area contributed by atoms with Gasteiger partial charge in [-0.05, 0) is 43.7 Å². The first-order valence-electron chi connectivity index (χ1n) is 11.7. The third-order valence-corrected chi connectivity index (χ3v) is 5.02. The molecule has 0 unspecified atom stereocenters. The predicted molar refractivity (Wildman–Crippen MR) is 140 cm³/mol. The number of benzene rings is 2. The van der Waals surface area contributed by atoms with Gasteiger partial charge in [-0.1, -0.05) is 74.9 Å². The molecular formula is C29H34N4O. The molecule has 1 heterocycles. The molecule has 3 aromatic rings. The van der Waals surface area contributed by atoms with E-state index in [0.717, 1.165) is 34.4 Å². The van der Waals surface area contributed by atoms with Crippen LogP contribution < -0.4 is 5.32 Å². The maximum atomic E-state index is 11.4. The molecule has 0 amide bonds. The van der Waals surface area contributed by atoms with Gasteiger partial charge in [0, 0.05) is 30.3 Å². The van der Waals surface area contributed by atoms with Crippen LogP contribution in [0.15, 0.2) is 72.8 Å². The number of aldehydes is 1. The summed E-state index contributed by atoms with van der Waals surface area (Å²) >= 11 is 0. The maximum Gasteiger partial charge on any atom is 0.150 e. The second-order valence-electron chi connectivity index (χ2n) is 7.89. The highest BCUT2D eigenvalue weighted by Crippen LogP contribution is 2.29. The van der Waals surface area contributed by atoms with Crippen LogP contribution in [-0.2, 0) is 13.6 Å². The lowest BCUT2D eigenvalue weighted by Crippen LogP contribution is -2.09. The summed E-state index contributed by atoms with van der Waals surface area (Å²) in [5.41, 5.74) is 5.77. The average Bonchev–Trinajstić information content (AvgIpc) is 3.27. The fourth-order valence-electron chi connectivity index (χ4n) is 3.49. The van der Waals surface area contributed by atoms with E-state index in [4.69, 9.17) is 5.26 Å². The van der Waals surface area contributed by atoms with Crippen molar-refractivity contribution < 1.29 is 4.79 Å². The van der Waals surface area contributed by atoms with Crippen LogP contribution in [0.4, 0.5) is 0 Å². The van der Waals surface area contributed by atoms with Gasteiger partial charge in [0.25, 0.3) is 0 Å². The molecule has 34 heavy (non-hydrogen) atoms. The molecule has 5 nitrogen and oxygen atoms in total. The summed E-state index contributed by atoms with van der Waals surface area (Å²) in [5.74, 6) is 0. The van der Waals surface area contributed by atoms with Gasteiger partial charge in [-0.2, -0.15) is 10.4 Å². The monoisotopic (exact) mass is 454 g/mol. The van der Waals surface area contributed by atoms with Crippen LogP contribution in [0.25, 0.3) is 22.5 Å². The molecule has 0 saturated carbocycles. The Hall–Kier alpha value is -3.75. The van der Waals surface area contributed by atoms with Crippen molar-refractivity contribution in [3.05, 3.63) is 89.5 Å².